The molecule has 0 radical (unpaired) electrons. The number of aryl methyl sites for hydroxylation is 1. The third-order valence-electron chi connectivity index (χ3n) is 3.46. The highest BCUT2D eigenvalue weighted by atomic mass is 32.1. The second kappa shape index (κ2) is 7.27. The Hall–Kier alpha value is -3.08. The summed E-state index contributed by atoms with van der Waals surface area (Å²) in [5.74, 6) is -0.200. The Kier molecular flexibility index (Phi) is 5.04. The van der Waals surface area contributed by atoms with E-state index in [4.69, 9.17) is 12.2 Å². The molecule has 0 saturated heterocycles. The number of hydrogen-bond acceptors (Lipinski definition) is 4. The zero-order valence-electron chi connectivity index (χ0n) is 14.0. The quantitative estimate of drug-likeness (QED) is 0.671. The van der Waals surface area contributed by atoms with Gasteiger partial charge in [0.2, 0.25) is 10.7 Å². The van der Waals surface area contributed by atoms with E-state index in [1.165, 1.54) is 16.8 Å². The number of nitrogens with zero attached hydrogens (tertiary/aromatic N) is 4. The third-order valence-corrected chi connectivity index (χ3v) is 3.84. The zero-order valence-corrected chi connectivity index (χ0v) is 14.8. The number of alkyl halides is 3. The molecule has 2 aromatic heterocycles. The van der Waals surface area contributed by atoms with Gasteiger partial charge < -0.3 is 10.1 Å². The SMILES string of the molecule is Cc1nn(CC(=O)Nc2ccc(OC(F)(F)F)cc2)c(=S)n1-n1cccc1. The summed E-state index contributed by atoms with van der Waals surface area (Å²) in [5, 5.41) is 6.82. The minimum atomic E-state index is -4.77. The summed E-state index contributed by atoms with van der Waals surface area (Å²) in [5.41, 5.74) is 0.322. The van der Waals surface area contributed by atoms with Crippen molar-refractivity contribution in [1.82, 2.24) is 19.1 Å². The summed E-state index contributed by atoms with van der Waals surface area (Å²) in [7, 11) is 0. The van der Waals surface area contributed by atoms with Crippen molar-refractivity contribution in [3.8, 4) is 5.75 Å². The normalized spacial score (nSPS) is 11.4. The monoisotopic (exact) mass is 397 g/mol. The molecule has 0 bridgehead atoms. The van der Waals surface area contributed by atoms with Crippen molar-refractivity contribution < 1.29 is 22.7 Å². The molecular formula is C16H14F3N5O2S. The van der Waals surface area contributed by atoms with E-state index in [2.05, 4.69) is 15.2 Å². The van der Waals surface area contributed by atoms with Crippen LogP contribution < -0.4 is 10.1 Å². The van der Waals surface area contributed by atoms with E-state index < -0.39 is 12.3 Å². The van der Waals surface area contributed by atoms with Crippen molar-refractivity contribution in [3.63, 3.8) is 0 Å². The van der Waals surface area contributed by atoms with Crippen LogP contribution in [-0.2, 0) is 11.3 Å². The Morgan fingerprint density at radius 3 is 2.44 bits per heavy atom. The van der Waals surface area contributed by atoms with Gasteiger partial charge in [-0.05, 0) is 55.5 Å². The molecule has 1 amide bonds. The van der Waals surface area contributed by atoms with E-state index >= 15 is 0 Å². The fourth-order valence-electron chi connectivity index (χ4n) is 2.41. The Labute approximate surface area is 156 Å². The van der Waals surface area contributed by atoms with E-state index in [1.807, 2.05) is 12.1 Å². The second-order valence-electron chi connectivity index (χ2n) is 5.48. The molecule has 3 rings (SSSR count). The van der Waals surface area contributed by atoms with Crippen LogP contribution in [0.5, 0.6) is 5.75 Å². The highest BCUT2D eigenvalue weighted by Crippen LogP contribution is 2.23. The standard InChI is InChI=1S/C16H14F3N5O2S/c1-11-21-23(15(27)24(11)22-8-2-3-9-22)10-14(25)20-12-4-6-13(7-5-12)26-16(17,18)19/h2-9H,10H2,1H3,(H,20,25). The summed E-state index contributed by atoms with van der Waals surface area (Å²) in [6, 6.07) is 8.50. The van der Waals surface area contributed by atoms with Crippen LogP contribution in [0.4, 0.5) is 18.9 Å². The molecule has 2 heterocycles. The molecule has 27 heavy (non-hydrogen) atoms. The van der Waals surface area contributed by atoms with Gasteiger partial charge in [-0.15, -0.1) is 13.2 Å². The number of hydrogen-bond donors (Lipinski definition) is 1. The van der Waals surface area contributed by atoms with Gasteiger partial charge in [0.05, 0.1) is 0 Å². The van der Waals surface area contributed by atoms with E-state index in [0.29, 0.717) is 16.3 Å². The number of carbonyl (C=O) groups excluding carboxylic acids is 1. The first-order valence-electron chi connectivity index (χ1n) is 7.69. The van der Waals surface area contributed by atoms with E-state index in [0.717, 1.165) is 12.1 Å². The predicted octanol–water partition coefficient (Wildman–Crippen LogP) is 3.37. The van der Waals surface area contributed by atoms with Crippen molar-refractivity contribution in [2.75, 3.05) is 5.32 Å². The lowest BCUT2D eigenvalue weighted by molar-refractivity contribution is -0.274. The fourth-order valence-corrected chi connectivity index (χ4v) is 2.74. The summed E-state index contributed by atoms with van der Waals surface area (Å²) >= 11 is 5.35. The van der Waals surface area contributed by atoms with Gasteiger partial charge in [-0.1, -0.05) is 0 Å². The lowest BCUT2D eigenvalue weighted by atomic mass is 10.3. The molecular weight excluding hydrogens is 383 g/mol. The molecule has 1 N–H and O–H groups in total. The van der Waals surface area contributed by atoms with Crippen LogP contribution in [0, 0.1) is 11.7 Å². The van der Waals surface area contributed by atoms with Crippen LogP contribution >= 0.6 is 12.2 Å². The van der Waals surface area contributed by atoms with Crippen molar-refractivity contribution in [1.29, 1.82) is 0 Å². The smallest absolute Gasteiger partial charge is 0.406 e. The molecule has 142 valence electrons. The van der Waals surface area contributed by atoms with Gasteiger partial charge in [0.1, 0.15) is 18.1 Å². The maximum Gasteiger partial charge on any atom is 0.573 e. The van der Waals surface area contributed by atoms with Crippen molar-refractivity contribution >= 4 is 23.8 Å². The highest BCUT2D eigenvalue weighted by Gasteiger charge is 2.30. The molecule has 0 saturated carbocycles. The van der Waals surface area contributed by atoms with Crippen LogP contribution in [0.25, 0.3) is 0 Å². The van der Waals surface area contributed by atoms with Crippen LogP contribution in [0.3, 0.4) is 0 Å². The maximum absolute atomic E-state index is 12.2. The van der Waals surface area contributed by atoms with Crippen molar-refractivity contribution in [2.24, 2.45) is 0 Å². The van der Waals surface area contributed by atoms with Gasteiger partial charge in [-0.25, -0.2) is 9.36 Å². The molecule has 11 heteroatoms. The summed E-state index contributed by atoms with van der Waals surface area (Å²) < 4.78 is 45.3. The molecule has 3 aromatic rings. The topological polar surface area (TPSA) is 66.0 Å². The maximum atomic E-state index is 12.2. The molecule has 0 atom stereocenters. The first-order chi connectivity index (χ1) is 12.7. The van der Waals surface area contributed by atoms with Gasteiger partial charge in [0.15, 0.2) is 0 Å². The second-order valence-corrected chi connectivity index (χ2v) is 5.85. The predicted molar refractivity (Wildman–Crippen MR) is 92.8 cm³/mol. The highest BCUT2D eigenvalue weighted by molar-refractivity contribution is 7.71. The Bertz CT molecular complexity index is 991. The van der Waals surface area contributed by atoms with E-state index in [9.17, 15) is 18.0 Å². The van der Waals surface area contributed by atoms with Crippen LogP contribution in [0.1, 0.15) is 5.82 Å². The minimum absolute atomic E-state index is 0.144. The third kappa shape index (κ3) is 4.56. The van der Waals surface area contributed by atoms with Gasteiger partial charge in [0.25, 0.3) is 0 Å². The fraction of sp³-hybridized carbons (Fsp3) is 0.188. The largest absolute Gasteiger partial charge is 0.573 e. The lowest BCUT2D eigenvalue weighted by Crippen LogP contribution is -2.20. The first kappa shape index (κ1) is 18.7. The first-order valence-corrected chi connectivity index (χ1v) is 8.09. The number of amides is 1. The number of ether oxygens (including phenoxy) is 1. The molecule has 1 aromatic carbocycles. The molecule has 7 nitrogen and oxygen atoms in total. The number of rotatable bonds is 5. The van der Waals surface area contributed by atoms with Crippen molar-refractivity contribution in [3.05, 3.63) is 59.4 Å². The number of halogens is 3. The van der Waals surface area contributed by atoms with E-state index in [-0.39, 0.29) is 12.3 Å². The van der Waals surface area contributed by atoms with Gasteiger partial charge in [-0.2, -0.15) is 5.10 Å². The molecule has 0 aliphatic heterocycles. The molecule has 0 aliphatic carbocycles. The van der Waals surface area contributed by atoms with Gasteiger partial charge >= 0.3 is 6.36 Å². The van der Waals surface area contributed by atoms with Crippen LogP contribution in [0.2, 0.25) is 0 Å². The summed E-state index contributed by atoms with van der Waals surface area (Å²) in [4.78, 5) is 12.2. The van der Waals surface area contributed by atoms with Crippen LogP contribution in [0.15, 0.2) is 48.8 Å². The minimum Gasteiger partial charge on any atom is -0.406 e. The summed E-state index contributed by atoms with van der Waals surface area (Å²) in [6.07, 6.45) is -1.18. The Morgan fingerprint density at radius 2 is 1.85 bits per heavy atom. The number of nitrogens with one attached hydrogen (secondary N) is 1. The average molecular weight is 397 g/mol. The number of carbonyl (C=O) groups is 1. The lowest BCUT2D eigenvalue weighted by Gasteiger charge is -2.10. The number of benzene rings is 1. The average Bonchev–Trinajstić information content (AvgIpc) is 3.17. The molecule has 0 spiro atoms. The van der Waals surface area contributed by atoms with Crippen LogP contribution in [-0.4, -0.2) is 31.4 Å². The number of aromatic nitrogens is 4. The zero-order chi connectivity index (χ0) is 19.6. The van der Waals surface area contributed by atoms with Gasteiger partial charge in [0, 0.05) is 18.1 Å². The summed E-state index contributed by atoms with van der Waals surface area (Å²) in [6.45, 7) is 1.61. The Morgan fingerprint density at radius 1 is 1.22 bits per heavy atom. The molecule has 0 fully saturated rings. The Balaban J connectivity index is 1.68. The van der Waals surface area contributed by atoms with E-state index in [1.54, 1.807) is 28.7 Å². The van der Waals surface area contributed by atoms with Crippen molar-refractivity contribution in [2.45, 2.75) is 19.8 Å². The number of anilines is 1. The molecule has 0 unspecified atom stereocenters. The molecule has 0 aliphatic rings. The van der Waals surface area contributed by atoms with Gasteiger partial charge in [-0.3, -0.25) is 9.47 Å².